The molecule has 1 fully saturated rings. The van der Waals surface area contributed by atoms with Crippen LogP contribution >= 0.6 is 0 Å². The van der Waals surface area contributed by atoms with Gasteiger partial charge in [-0.25, -0.2) is 0 Å². The van der Waals surface area contributed by atoms with Crippen LogP contribution in [0.3, 0.4) is 0 Å². The van der Waals surface area contributed by atoms with E-state index in [1.54, 1.807) is 14.2 Å². The van der Waals surface area contributed by atoms with Gasteiger partial charge >= 0.3 is 0 Å². The van der Waals surface area contributed by atoms with E-state index in [1.807, 2.05) is 27.7 Å². The van der Waals surface area contributed by atoms with E-state index in [-0.39, 0.29) is 25.8 Å². The van der Waals surface area contributed by atoms with Crippen LogP contribution < -0.4 is 0 Å². The molecular weight excluding hydrogens is 302 g/mol. The number of methoxy groups -OCH3 is 2. The third-order valence-corrected chi connectivity index (χ3v) is 3.56. The van der Waals surface area contributed by atoms with Gasteiger partial charge in [0.15, 0.2) is 5.79 Å². The minimum absolute atomic E-state index is 0.102. The summed E-state index contributed by atoms with van der Waals surface area (Å²) in [7, 11) is 3.10. The molecule has 1 aliphatic heterocycles. The third kappa shape index (κ3) is 6.71. The second kappa shape index (κ2) is 8.92. The first-order valence-corrected chi connectivity index (χ1v) is 7.69. The molecule has 0 spiro atoms. The lowest BCUT2D eigenvalue weighted by molar-refractivity contribution is -0.209. The number of ether oxygens (including phenoxy) is 6. The Kier molecular flexibility index (Phi) is 7.87. The normalized spacial score (nSPS) is 23.4. The molecule has 0 aromatic heterocycles. The van der Waals surface area contributed by atoms with Gasteiger partial charge < -0.3 is 28.4 Å². The standard InChI is InChI=1S/C16H29NO6/c1-15(2,9-17)7-12(20-10-18-5)14(21-11-19-6)13-8-22-16(3,4)23-13/h12-14H,7-8,10-11H2,1-6H3/t12-,13+,14-/m0/s1. The largest absolute Gasteiger partial charge is 0.359 e. The van der Waals surface area contributed by atoms with E-state index < -0.39 is 17.3 Å². The van der Waals surface area contributed by atoms with Crippen LogP contribution in [-0.4, -0.2) is 58.5 Å². The molecule has 23 heavy (non-hydrogen) atoms. The van der Waals surface area contributed by atoms with Crippen LogP contribution in [0.2, 0.25) is 0 Å². The molecule has 0 radical (unpaired) electrons. The molecule has 0 unspecified atom stereocenters. The molecule has 0 amide bonds. The summed E-state index contributed by atoms with van der Waals surface area (Å²) in [5.74, 6) is -0.671. The zero-order chi connectivity index (χ0) is 17.5. The third-order valence-electron chi connectivity index (χ3n) is 3.56. The minimum atomic E-state index is -0.671. The van der Waals surface area contributed by atoms with Gasteiger partial charge in [0.2, 0.25) is 0 Å². The topological polar surface area (TPSA) is 79.2 Å². The summed E-state index contributed by atoms with van der Waals surface area (Å²) >= 11 is 0. The molecule has 0 aromatic carbocycles. The van der Waals surface area contributed by atoms with Gasteiger partial charge in [0, 0.05) is 14.2 Å². The Labute approximate surface area is 138 Å². The van der Waals surface area contributed by atoms with Crippen molar-refractivity contribution >= 4 is 0 Å². The van der Waals surface area contributed by atoms with E-state index in [2.05, 4.69) is 6.07 Å². The van der Waals surface area contributed by atoms with Crippen LogP contribution in [0.15, 0.2) is 0 Å². The Morgan fingerprint density at radius 1 is 1.22 bits per heavy atom. The van der Waals surface area contributed by atoms with Crippen molar-refractivity contribution in [1.82, 2.24) is 0 Å². The summed E-state index contributed by atoms with van der Waals surface area (Å²) in [4.78, 5) is 0. The molecule has 1 aliphatic rings. The highest BCUT2D eigenvalue weighted by Crippen LogP contribution is 2.31. The molecule has 7 nitrogen and oxygen atoms in total. The Balaban J connectivity index is 2.89. The van der Waals surface area contributed by atoms with Gasteiger partial charge in [0.25, 0.3) is 0 Å². The van der Waals surface area contributed by atoms with E-state index in [4.69, 9.17) is 28.4 Å². The summed E-state index contributed by atoms with van der Waals surface area (Å²) in [6, 6.07) is 2.29. The zero-order valence-electron chi connectivity index (χ0n) is 15.0. The number of nitriles is 1. The monoisotopic (exact) mass is 331 g/mol. The van der Waals surface area contributed by atoms with Gasteiger partial charge in [0.1, 0.15) is 25.8 Å². The SMILES string of the molecule is COCO[C@@H]([C@H](CC(C)(C)C#N)OCOC)[C@H]1COC(C)(C)O1. The second-order valence-electron chi connectivity index (χ2n) is 6.72. The number of hydrogen-bond donors (Lipinski definition) is 0. The van der Waals surface area contributed by atoms with Gasteiger partial charge in [-0.3, -0.25) is 0 Å². The fourth-order valence-corrected chi connectivity index (χ4v) is 2.45. The quantitative estimate of drug-likeness (QED) is 0.567. The van der Waals surface area contributed by atoms with E-state index in [0.717, 1.165) is 0 Å². The molecule has 0 aromatic rings. The van der Waals surface area contributed by atoms with Crippen molar-refractivity contribution in [2.45, 2.75) is 58.2 Å². The van der Waals surface area contributed by atoms with E-state index in [0.29, 0.717) is 13.0 Å². The van der Waals surface area contributed by atoms with Gasteiger partial charge in [-0.05, 0) is 34.1 Å². The average Bonchev–Trinajstić information content (AvgIpc) is 2.84. The van der Waals surface area contributed by atoms with Crippen molar-refractivity contribution in [3.8, 4) is 6.07 Å². The Hall–Kier alpha value is -0.750. The van der Waals surface area contributed by atoms with Crippen molar-refractivity contribution in [1.29, 1.82) is 5.26 Å². The van der Waals surface area contributed by atoms with Crippen molar-refractivity contribution in [2.75, 3.05) is 34.4 Å². The van der Waals surface area contributed by atoms with Crippen molar-refractivity contribution in [2.24, 2.45) is 5.41 Å². The number of hydrogen-bond acceptors (Lipinski definition) is 7. The molecule has 0 aliphatic carbocycles. The lowest BCUT2D eigenvalue weighted by atomic mass is 9.85. The predicted molar refractivity (Wildman–Crippen MR) is 82.4 cm³/mol. The van der Waals surface area contributed by atoms with Crippen LogP contribution in [0.5, 0.6) is 0 Å². The number of rotatable bonds is 10. The van der Waals surface area contributed by atoms with E-state index in [1.165, 1.54) is 0 Å². The first-order chi connectivity index (χ1) is 10.7. The fourth-order valence-electron chi connectivity index (χ4n) is 2.45. The van der Waals surface area contributed by atoms with Crippen molar-refractivity contribution in [3.05, 3.63) is 0 Å². The molecule has 134 valence electrons. The van der Waals surface area contributed by atoms with E-state index in [9.17, 15) is 5.26 Å². The summed E-state index contributed by atoms with van der Waals surface area (Å²) < 4.78 is 33.2. The van der Waals surface area contributed by atoms with E-state index >= 15 is 0 Å². The highest BCUT2D eigenvalue weighted by atomic mass is 16.8. The van der Waals surface area contributed by atoms with Crippen LogP contribution in [0, 0.1) is 16.7 Å². The summed E-state index contributed by atoms with van der Waals surface area (Å²) in [6.07, 6.45) is -0.653. The molecule has 1 saturated heterocycles. The van der Waals surface area contributed by atoms with Crippen LogP contribution in [0.25, 0.3) is 0 Å². The summed E-state index contributed by atoms with van der Waals surface area (Å²) in [6.45, 7) is 8.02. The smallest absolute Gasteiger partial charge is 0.163 e. The molecule has 0 bridgehead atoms. The van der Waals surface area contributed by atoms with Crippen molar-refractivity contribution < 1.29 is 28.4 Å². The lowest BCUT2D eigenvalue weighted by Gasteiger charge is -2.33. The number of nitrogens with zero attached hydrogens (tertiary/aromatic N) is 1. The maximum Gasteiger partial charge on any atom is 0.163 e. The Morgan fingerprint density at radius 3 is 2.30 bits per heavy atom. The first kappa shape index (κ1) is 20.3. The molecule has 1 heterocycles. The predicted octanol–water partition coefficient (Wildman–Crippen LogP) is 2.06. The maximum atomic E-state index is 9.32. The second-order valence-corrected chi connectivity index (χ2v) is 6.72. The molecular formula is C16H29NO6. The van der Waals surface area contributed by atoms with Gasteiger partial charge in [-0.1, -0.05) is 0 Å². The maximum absolute atomic E-state index is 9.32. The molecule has 0 saturated carbocycles. The highest BCUT2D eigenvalue weighted by Gasteiger charge is 2.43. The van der Waals surface area contributed by atoms with Gasteiger partial charge in [-0.15, -0.1) is 0 Å². The first-order valence-electron chi connectivity index (χ1n) is 7.69. The summed E-state index contributed by atoms with van der Waals surface area (Å²) in [5.41, 5.74) is -0.567. The van der Waals surface area contributed by atoms with Gasteiger partial charge in [-0.2, -0.15) is 5.26 Å². The molecule has 3 atom stereocenters. The summed E-state index contributed by atoms with van der Waals surface area (Å²) in [5, 5.41) is 9.32. The average molecular weight is 331 g/mol. The van der Waals surface area contributed by atoms with Gasteiger partial charge in [0.05, 0.1) is 24.2 Å². The van der Waals surface area contributed by atoms with Crippen molar-refractivity contribution in [3.63, 3.8) is 0 Å². The van der Waals surface area contributed by atoms with Crippen LogP contribution in [0.1, 0.15) is 34.1 Å². The molecule has 7 heteroatoms. The Bertz CT molecular complexity index is 393. The zero-order valence-corrected chi connectivity index (χ0v) is 15.0. The Morgan fingerprint density at radius 2 is 1.83 bits per heavy atom. The fraction of sp³-hybridized carbons (Fsp3) is 0.938. The van der Waals surface area contributed by atoms with Crippen LogP contribution in [-0.2, 0) is 28.4 Å². The highest BCUT2D eigenvalue weighted by molar-refractivity contribution is 4.96. The van der Waals surface area contributed by atoms with Crippen LogP contribution in [0.4, 0.5) is 0 Å². The molecule has 1 rings (SSSR count). The molecule has 0 N–H and O–H groups in total. The lowest BCUT2D eigenvalue weighted by Crippen LogP contribution is -2.45. The minimum Gasteiger partial charge on any atom is -0.359 e.